The maximum absolute atomic E-state index is 13.1. The maximum Gasteiger partial charge on any atom is 0.333 e. The normalized spacial score (nSPS) is 11.0. The highest BCUT2D eigenvalue weighted by molar-refractivity contribution is 5.70. The lowest BCUT2D eigenvalue weighted by Gasteiger charge is -2.12. The van der Waals surface area contributed by atoms with Gasteiger partial charge in [-0.25, -0.2) is 9.78 Å². The topological polar surface area (TPSA) is 61.8 Å². The van der Waals surface area contributed by atoms with Crippen LogP contribution in [0.15, 0.2) is 89.2 Å². The molecule has 0 atom stereocenters. The van der Waals surface area contributed by atoms with Crippen LogP contribution in [0.25, 0.3) is 11.2 Å². The van der Waals surface area contributed by atoms with Gasteiger partial charge < -0.3 is 4.57 Å². The smallest absolute Gasteiger partial charge is 0.320 e. The zero-order valence-electron chi connectivity index (χ0n) is 15.4. The molecule has 0 aliphatic rings. The first kappa shape index (κ1) is 17.7. The van der Waals surface area contributed by atoms with Gasteiger partial charge in [-0.3, -0.25) is 13.9 Å². The van der Waals surface area contributed by atoms with Crippen LogP contribution in [0.1, 0.15) is 11.1 Å². The summed E-state index contributed by atoms with van der Waals surface area (Å²) < 4.78 is 4.56. The highest BCUT2D eigenvalue weighted by atomic mass is 16.2. The predicted octanol–water partition coefficient (Wildman–Crippen LogP) is 2.64. The minimum absolute atomic E-state index is 0.152. The van der Waals surface area contributed by atoms with E-state index in [1.54, 1.807) is 21.5 Å². The summed E-state index contributed by atoms with van der Waals surface area (Å²) in [6.45, 7) is 4.68. The van der Waals surface area contributed by atoms with Crippen molar-refractivity contribution in [2.75, 3.05) is 0 Å². The van der Waals surface area contributed by atoms with E-state index in [1.165, 1.54) is 4.57 Å². The molecule has 0 aliphatic heterocycles. The van der Waals surface area contributed by atoms with Crippen molar-refractivity contribution in [1.29, 1.82) is 0 Å². The summed E-state index contributed by atoms with van der Waals surface area (Å²) in [4.78, 5) is 30.5. The molecule has 0 unspecified atom stereocenters. The van der Waals surface area contributed by atoms with Crippen LogP contribution in [-0.2, 0) is 19.6 Å². The molecule has 0 saturated heterocycles. The fraction of sp³-hybridized carbons (Fsp3) is 0.136. The Morgan fingerprint density at radius 2 is 1.46 bits per heavy atom. The van der Waals surface area contributed by atoms with Crippen LogP contribution in [-0.4, -0.2) is 18.7 Å². The molecule has 6 nitrogen and oxygen atoms in total. The highest BCUT2D eigenvalue weighted by Gasteiger charge is 2.18. The van der Waals surface area contributed by atoms with E-state index in [2.05, 4.69) is 11.6 Å². The van der Waals surface area contributed by atoms with Crippen molar-refractivity contribution >= 4 is 11.2 Å². The van der Waals surface area contributed by atoms with Gasteiger partial charge in [-0.1, -0.05) is 66.7 Å². The van der Waals surface area contributed by atoms with Gasteiger partial charge in [0.1, 0.15) is 0 Å². The summed E-state index contributed by atoms with van der Waals surface area (Å²) >= 11 is 0. The Labute approximate surface area is 161 Å². The molecule has 0 radical (unpaired) electrons. The van der Waals surface area contributed by atoms with Gasteiger partial charge in [0.05, 0.1) is 12.9 Å². The van der Waals surface area contributed by atoms with Gasteiger partial charge in [0.15, 0.2) is 11.2 Å². The van der Waals surface area contributed by atoms with Crippen molar-refractivity contribution in [3.8, 4) is 0 Å². The van der Waals surface area contributed by atoms with Crippen molar-refractivity contribution in [2.24, 2.45) is 0 Å². The fourth-order valence-electron chi connectivity index (χ4n) is 3.34. The van der Waals surface area contributed by atoms with Crippen LogP contribution in [0.5, 0.6) is 0 Å². The summed E-state index contributed by atoms with van der Waals surface area (Å²) in [6, 6.07) is 19.5. The number of imidazole rings is 1. The Morgan fingerprint density at radius 1 is 0.857 bits per heavy atom. The molecule has 0 fully saturated rings. The van der Waals surface area contributed by atoms with Gasteiger partial charge in [-0.2, -0.15) is 0 Å². The molecule has 4 aromatic rings. The van der Waals surface area contributed by atoms with Crippen molar-refractivity contribution in [3.05, 3.63) is 112 Å². The highest BCUT2D eigenvalue weighted by Crippen LogP contribution is 2.12. The van der Waals surface area contributed by atoms with Crippen molar-refractivity contribution in [2.45, 2.75) is 19.6 Å². The van der Waals surface area contributed by atoms with Crippen LogP contribution >= 0.6 is 0 Å². The minimum atomic E-state index is -0.383. The van der Waals surface area contributed by atoms with E-state index in [0.717, 1.165) is 11.1 Å². The zero-order valence-corrected chi connectivity index (χ0v) is 15.4. The largest absolute Gasteiger partial charge is 0.333 e. The van der Waals surface area contributed by atoms with Gasteiger partial charge in [-0.05, 0) is 11.1 Å². The second-order valence-corrected chi connectivity index (χ2v) is 6.59. The molecule has 6 heteroatoms. The molecule has 0 bridgehead atoms. The fourth-order valence-corrected chi connectivity index (χ4v) is 3.34. The summed E-state index contributed by atoms with van der Waals surface area (Å²) in [5.41, 5.74) is 2.10. The molecule has 0 spiro atoms. The molecule has 0 N–H and O–H groups in total. The molecule has 2 aromatic carbocycles. The Bertz CT molecular complexity index is 1230. The lowest BCUT2D eigenvalue weighted by Crippen LogP contribution is -2.40. The number of rotatable bonds is 6. The van der Waals surface area contributed by atoms with Crippen molar-refractivity contribution < 1.29 is 0 Å². The van der Waals surface area contributed by atoms with Crippen molar-refractivity contribution in [1.82, 2.24) is 18.7 Å². The average Bonchev–Trinajstić information content (AvgIpc) is 3.13. The molecule has 2 aromatic heterocycles. The first-order valence-electron chi connectivity index (χ1n) is 9.06. The van der Waals surface area contributed by atoms with Crippen LogP contribution < -0.4 is 11.2 Å². The van der Waals surface area contributed by atoms with E-state index in [9.17, 15) is 9.59 Å². The van der Waals surface area contributed by atoms with Gasteiger partial charge in [-0.15, -0.1) is 6.58 Å². The summed E-state index contributed by atoms with van der Waals surface area (Å²) in [6.07, 6.45) is 3.18. The molecule has 0 amide bonds. The van der Waals surface area contributed by atoms with E-state index in [0.29, 0.717) is 24.3 Å². The Balaban J connectivity index is 1.92. The maximum atomic E-state index is 13.1. The van der Waals surface area contributed by atoms with E-state index in [4.69, 9.17) is 0 Å². The van der Waals surface area contributed by atoms with Gasteiger partial charge in [0, 0.05) is 13.1 Å². The van der Waals surface area contributed by atoms with E-state index in [1.807, 2.05) is 60.7 Å². The Kier molecular flexibility index (Phi) is 4.76. The van der Waals surface area contributed by atoms with Crippen LogP contribution in [0, 0.1) is 0 Å². The minimum Gasteiger partial charge on any atom is -0.320 e. The number of benzene rings is 2. The van der Waals surface area contributed by atoms with Gasteiger partial charge in [0.25, 0.3) is 5.56 Å². The zero-order chi connectivity index (χ0) is 19.5. The van der Waals surface area contributed by atoms with Gasteiger partial charge >= 0.3 is 5.69 Å². The number of aromatic nitrogens is 4. The Hall–Kier alpha value is -3.67. The first-order valence-corrected chi connectivity index (χ1v) is 9.06. The third kappa shape index (κ3) is 3.20. The van der Waals surface area contributed by atoms with E-state index < -0.39 is 0 Å². The summed E-state index contributed by atoms with van der Waals surface area (Å²) in [7, 11) is 0. The average molecular weight is 372 g/mol. The monoisotopic (exact) mass is 372 g/mol. The van der Waals surface area contributed by atoms with Crippen LogP contribution in [0.3, 0.4) is 0 Å². The quantitative estimate of drug-likeness (QED) is 0.489. The predicted molar refractivity (Wildman–Crippen MR) is 110 cm³/mol. The standard InChI is InChI=1S/C22H20N4O2/c1-2-13-25-21(27)19-20(23-16-24(19)14-17-9-5-3-6-10-17)26(22(25)28)15-18-11-7-4-8-12-18/h2-12,16H,1,13-15H2. The number of allylic oxidation sites excluding steroid dienone is 1. The summed E-state index contributed by atoms with van der Waals surface area (Å²) in [5.74, 6) is 0. The molecule has 0 aliphatic carbocycles. The number of hydrogen-bond acceptors (Lipinski definition) is 3. The SMILES string of the molecule is C=CCn1c(=O)c2c(ncn2Cc2ccccc2)n(Cc2ccccc2)c1=O. The first-order chi connectivity index (χ1) is 13.7. The molecule has 28 heavy (non-hydrogen) atoms. The molecule has 140 valence electrons. The van der Waals surface area contributed by atoms with Crippen LogP contribution in [0.2, 0.25) is 0 Å². The molecule has 4 rings (SSSR count). The molecular formula is C22H20N4O2. The molecule has 2 heterocycles. The van der Waals surface area contributed by atoms with E-state index in [-0.39, 0.29) is 17.8 Å². The Morgan fingerprint density at radius 3 is 2.07 bits per heavy atom. The lowest BCUT2D eigenvalue weighted by atomic mass is 10.2. The number of hydrogen-bond donors (Lipinski definition) is 0. The number of nitrogens with zero attached hydrogens (tertiary/aromatic N) is 4. The third-order valence-electron chi connectivity index (χ3n) is 4.67. The van der Waals surface area contributed by atoms with E-state index >= 15 is 0 Å². The van der Waals surface area contributed by atoms with Gasteiger partial charge in [0.2, 0.25) is 0 Å². The third-order valence-corrected chi connectivity index (χ3v) is 4.67. The van der Waals surface area contributed by atoms with Crippen LogP contribution in [0.4, 0.5) is 0 Å². The second-order valence-electron chi connectivity index (χ2n) is 6.59. The lowest BCUT2D eigenvalue weighted by molar-refractivity contribution is 0.636. The summed E-state index contributed by atoms with van der Waals surface area (Å²) in [5, 5.41) is 0. The number of fused-ring (bicyclic) bond motifs is 1. The van der Waals surface area contributed by atoms with Crippen molar-refractivity contribution in [3.63, 3.8) is 0 Å². The second kappa shape index (κ2) is 7.52. The molecular weight excluding hydrogens is 352 g/mol. The molecule has 0 saturated carbocycles.